The molecule has 0 aromatic carbocycles. The van der Waals surface area contributed by atoms with Crippen molar-refractivity contribution >= 4 is 0 Å². The molecule has 15 heavy (non-hydrogen) atoms. The highest BCUT2D eigenvalue weighted by molar-refractivity contribution is 5.04. The highest BCUT2D eigenvalue weighted by Gasteiger charge is 2.16. The maximum absolute atomic E-state index is 5.45. The molecule has 0 radical (unpaired) electrons. The Labute approximate surface area is 90.6 Å². The van der Waals surface area contributed by atoms with Crippen LogP contribution < -0.4 is 5.32 Å². The first-order valence-electron chi connectivity index (χ1n) is 5.71. The van der Waals surface area contributed by atoms with Crippen molar-refractivity contribution in [3.8, 4) is 0 Å². The lowest BCUT2D eigenvalue weighted by Crippen LogP contribution is -2.21. The normalized spacial score (nSPS) is 21.8. The maximum atomic E-state index is 5.45. The summed E-state index contributed by atoms with van der Waals surface area (Å²) in [6.07, 6.45) is 6.40. The Hall–Kier alpha value is -0.870. The van der Waals surface area contributed by atoms with Gasteiger partial charge in [-0.15, -0.1) is 0 Å². The third-order valence-electron chi connectivity index (χ3n) is 2.74. The molecule has 1 N–H and O–H groups in total. The van der Waals surface area contributed by atoms with Crippen molar-refractivity contribution in [1.82, 2.24) is 15.1 Å². The number of ether oxygens (including phenoxy) is 1. The highest BCUT2D eigenvalue weighted by Crippen LogP contribution is 2.18. The van der Waals surface area contributed by atoms with E-state index < -0.39 is 0 Å². The molecule has 84 valence electrons. The van der Waals surface area contributed by atoms with Gasteiger partial charge in [-0.1, -0.05) is 6.92 Å². The Kier molecular flexibility index (Phi) is 3.75. The summed E-state index contributed by atoms with van der Waals surface area (Å²) in [6.45, 7) is 5.73. The third-order valence-corrected chi connectivity index (χ3v) is 2.74. The molecule has 0 amide bonds. The van der Waals surface area contributed by atoms with E-state index in [9.17, 15) is 0 Å². The van der Waals surface area contributed by atoms with E-state index in [0.717, 1.165) is 32.7 Å². The van der Waals surface area contributed by atoms with Crippen molar-refractivity contribution < 1.29 is 4.74 Å². The van der Waals surface area contributed by atoms with Crippen molar-refractivity contribution in [2.75, 3.05) is 19.8 Å². The lowest BCUT2D eigenvalue weighted by molar-refractivity contribution is 0.0549. The third kappa shape index (κ3) is 2.79. The fourth-order valence-corrected chi connectivity index (χ4v) is 1.87. The standard InChI is InChI=1S/C11H19N3O/c1-2-12-6-10-7-13-14(8-10)11-4-3-5-15-9-11/h7-8,11-12H,2-6,9H2,1H3. The smallest absolute Gasteiger partial charge is 0.0753 e. The van der Waals surface area contributed by atoms with E-state index in [1.54, 1.807) is 0 Å². The van der Waals surface area contributed by atoms with Gasteiger partial charge in [-0.3, -0.25) is 4.68 Å². The van der Waals surface area contributed by atoms with E-state index in [0.29, 0.717) is 6.04 Å². The number of hydrogen-bond donors (Lipinski definition) is 1. The van der Waals surface area contributed by atoms with Crippen LogP contribution in [0.5, 0.6) is 0 Å². The molecule has 1 aliphatic heterocycles. The van der Waals surface area contributed by atoms with Crippen LogP contribution in [0.25, 0.3) is 0 Å². The van der Waals surface area contributed by atoms with Crippen molar-refractivity contribution in [2.45, 2.75) is 32.4 Å². The first kappa shape index (κ1) is 10.6. The molecule has 4 heteroatoms. The van der Waals surface area contributed by atoms with Crippen LogP contribution in [0.3, 0.4) is 0 Å². The maximum Gasteiger partial charge on any atom is 0.0753 e. The summed E-state index contributed by atoms with van der Waals surface area (Å²) < 4.78 is 7.50. The van der Waals surface area contributed by atoms with E-state index >= 15 is 0 Å². The summed E-state index contributed by atoms with van der Waals surface area (Å²) in [5.74, 6) is 0. The summed E-state index contributed by atoms with van der Waals surface area (Å²) in [5, 5.41) is 7.69. The van der Waals surface area contributed by atoms with Crippen molar-refractivity contribution in [3.05, 3.63) is 18.0 Å². The monoisotopic (exact) mass is 209 g/mol. The molecule has 1 unspecified atom stereocenters. The molecule has 1 aromatic rings. The van der Waals surface area contributed by atoms with Gasteiger partial charge in [0.1, 0.15) is 0 Å². The van der Waals surface area contributed by atoms with Gasteiger partial charge in [0.15, 0.2) is 0 Å². The Bertz CT molecular complexity index is 292. The fraction of sp³-hybridized carbons (Fsp3) is 0.727. The second-order valence-electron chi connectivity index (χ2n) is 3.98. The quantitative estimate of drug-likeness (QED) is 0.813. The van der Waals surface area contributed by atoms with Gasteiger partial charge in [0.05, 0.1) is 18.8 Å². The number of hydrogen-bond acceptors (Lipinski definition) is 3. The molecule has 1 fully saturated rings. The first-order valence-corrected chi connectivity index (χ1v) is 5.71. The fourth-order valence-electron chi connectivity index (χ4n) is 1.87. The van der Waals surface area contributed by atoms with Crippen LogP contribution in [-0.4, -0.2) is 29.5 Å². The van der Waals surface area contributed by atoms with Crippen LogP contribution in [0.1, 0.15) is 31.4 Å². The van der Waals surface area contributed by atoms with Crippen LogP contribution in [0.4, 0.5) is 0 Å². The largest absolute Gasteiger partial charge is 0.379 e. The van der Waals surface area contributed by atoms with Crippen LogP contribution >= 0.6 is 0 Å². The summed E-state index contributed by atoms with van der Waals surface area (Å²) in [6, 6.07) is 0.439. The molecule has 1 aromatic heterocycles. The van der Waals surface area contributed by atoms with Crippen LogP contribution in [-0.2, 0) is 11.3 Å². The predicted octanol–water partition coefficient (Wildman–Crippen LogP) is 1.34. The zero-order valence-corrected chi connectivity index (χ0v) is 9.28. The molecular weight excluding hydrogens is 190 g/mol. The Morgan fingerprint density at radius 2 is 2.60 bits per heavy atom. The van der Waals surface area contributed by atoms with Crippen molar-refractivity contribution in [1.29, 1.82) is 0 Å². The van der Waals surface area contributed by atoms with Crippen molar-refractivity contribution in [3.63, 3.8) is 0 Å². The van der Waals surface area contributed by atoms with E-state index in [1.165, 1.54) is 12.0 Å². The van der Waals surface area contributed by atoms with Crippen LogP contribution in [0.2, 0.25) is 0 Å². The zero-order chi connectivity index (χ0) is 10.5. The van der Waals surface area contributed by atoms with Gasteiger partial charge >= 0.3 is 0 Å². The van der Waals surface area contributed by atoms with Gasteiger partial charge in [0.25, 0.3) is 0 Å². The van der Waals surface area contributed by atoms with Gasteiger partial charge in [0.2, 0.25) is 0 Å². The van der Waals surface area contributed by atoms with E-state index in [1.807, 2.05) is 10.9 Å². The Balaban J connectivity index is 1.93. The average molecular weight is 209 g/mol. The summed E-state index contributed by atoms with van der Waals surface area (Å²) >= 11 is 0. The second-order valence-corrected chi connectivity index (χ2v) is 3.98. The van der Waals surface area contributed by atoms with Gasteiger partial charge in [-0.25, -0.2) is 0 Å². The molecule has 0 bridgehead atoms. The molecular formula is C11H19N3O. The summed E-state index contributed by atoms with van der Waals surface area (Å²) in [5.41, 5.74) is 1.25. The van der Waals surface area contributed by atoms with Crippen LogP contribution in [0.15, 0.2) is 12.4 Å². The number of nitrogens with one attached hydrogen (secondary N) is 1. The van der Waals surface area contributed by atoms with Gasteiger partial charge < -0.3 is 10.1 Å². The van der Waals surface area contributed by atoms with E-state index in [-0.39, 0.29) is 0 Å². The lowest BCUT2D eigenvalue weighted by atomic mass is 10.1. The summed E-state index contributed by atoms with van der Waals surface area (Å²) in [4.78, 5) is 0. The minimum Gasteiger partial charge on any atom is -0.379 e. The number of nitrogens with zero attached hydrogens (tertiary/aromatic N) is 2. The first-order chi connectivity index (χ1) is 7.40. The van der Waals surface area contributed by atoms with Gasteiger partial charge in [-0.2, -0.15) is 5.10 Å². The second kappa shape index (κ2) is 5.28. The van der Waals surface area contributed by atoms with Crippen LogP contribution in [0, 0.1) is 0 Å². The Morgan fingerprint density at radius 1 is 1.67 bits per heavy atom. The van der Waals surface area contributed by atoms with E-state index in [2.05, 4.69) is 23.5 Å². The molecule has 0 aliphatic carbocycles. The molecule has 2 heterocycles. The minimum absolute atomic E-state index is 0.439. The SMILES string of the molecule is CCNCc1cnn(C2CCCOC2)c1. The van der Waals surface area contributed by atoms with Gasteiger partial charge in [0, 0.05) is 24.9 Å². The van der Waals surface area contributed by atoms with E-state index in [4.69, 9.17) is 4.74 Å². The number of rotatable bonds is 4. The molecule has 2 rings (SSSR count). The molecule has 1 aliphatic rings. The molecule has 0 spiro atoms. The minimum atomic E-state index is 0.439. The van der Waals surface area contributed by atoms with Crippen molar-refractivity contribution in [2.24, 2.45) is 0 Å². The Morgan fingerprint density at radius 3 is 3.33 bits per heavy atom. The molecule has 1 atom stereocenters. The predicted molar refractivity (Wildman–Crippen MR) is 58.7 cm³/mol. The molecule has 0 saturated carbocycles. The topological polar surface area (TPSA) is 39.1 Å². The number of aromatic nitrogens is 2. The highest BCUT2D eigenvalue weighted by atomic mass is 16.5. The molecule has 4 nitrogen and oxygen atoms in total. The average Bonchev–Trinajstić information content (AvgIpc) is 2.76. The lowest BCUT2D eigenvalue weighted by Gasteiger charge is -2.22. The van der Waals surface area contributed by atoms with Gasteiger partial charge in [-0.05, 0) is 19.4 Å². The molecule has 1 saturated heterocycles. The zero-order valence-electron chi connectivity index (χ0n) is 9.28. The summed E-state index contributed by atoms with van der Waals surface area (Å²) in [7, 11) is 0.